The molecule has 24 heavy (non-hydrogen) atoms. The van der Waals surface area contributed by atoms with Crippen LogP contribution in [0.1, 0.15) is 10.6 Å². The number of hydrogen-bond acceptors (Lipinski definition) is 4. The van der Waals surface area contributed by atoms with E-state index in [0.717, 1.165) is 26.5 Å². The second kappa shape index (κ2) is 7.27. The third-order valence-corrected chi connectivity index (χ3v) is 4.61. The molecule has 0 atom stereocenters. The Labute approximate surface area is 145 Å². The molecule has 0 radical (unpaired) electrons. The second-order valence-electron chi connectivity index (χ2n) is 5.63. The summed E-state index contributed by atoms with van der Waals surface area (Å²) in [7, 11) is 4.01. The third kappa shape index (κ3) is 4.00. The number of benzene rings is 2. The highest BCUT2D eigenvalue weighted by Gasteiger charge is 2.02. The number of aromatic nitrogens is 1. The smallest absolute Gasteiger partial charge is 0.244 e. The predicted octanol–water partition coefficient (Wildman–Crippen LogP) is 3.69. The molecule has 2 aromatic carbocycles. The van der Waals surface area contributed by atoms with E-state index >= 15 is 0 Å². The molecule has 0 fully saturated rings. The molecule has 0 aliphatic carbocycles. The number of nitrogens with zero attached hydrogens (tertiary/aromatic N) is 2. The number of carbonyl (C=O) groups excluding carboxylic acids is 1. The predicted molar refractivity (Wildman–Crippen MR) is 101 cm³/mol. The fourth-order valence-corrected chi connectivity index (χ4v) is 3.14. The summed E-state index contributed by atoms with van der Waals surface area (Å²) in [6.07, 6.45) is 3.29. The zero-order valence-electron chi connectivity index (χ0n) is 13.7. The van der Waals surface area contributed by atoms with E-state index in [9.17, 15) is 4.79 Å². The Morgan fingerprint density at radius 2 is 1.92 bits per heavy atom. The Hall–Kier alpha value is -2.66. The maximum absolute atomic E-state index is 12.0. The van der Waals surface area contributed by atoms with E-state index < -0.39 is 0 Å². The van der Waals surface area contributed by atoms with Gasteiger partial charge in [0, 0.05) is 32.4 Å². The van der Waals surface area contributed by atoms with Crippen LogP contribution in [0, 0.1) is 0 Å². The van der Waals surface area contributed by atoms with Gasteiger partial charge in [-0.3, -0.25) is 4.79 Å². The molecule has 1 N–H and O–H groups in total. The van der Waals surface area contributed by atoms with Gasteiger partial charge in [-0.1, -0.05) is 24.3 Å². The molecule has 1 heterocycles. The highest BCUT2D eigenvalue weighted by molar-refractivity contribution is 7.19. The summed E-state index contributed by atoms with van der Waals surface area (Å²) in [6, 6.07) is 16.1. The Bertz CT molecular complexity index is 833. The summed E-state index contributed by atoms with van der Waals surface area (Å²) in [4.78, 5) is 18.5. The van der Waals surface area contributed by atoms with Gasteiger partial charge in [0.05, 0.1) is 10.2 Å². The van der Waals surface area contributed by atoms with Crippen molar-refractivity contribution in [3.05, 3.63) is 65.2 Å². The maximum Gasteiger partial charge on any atom is 0.244 e. The molecule has 0 spiro atoms. The average molecular weight is 337 g/mol. The van der Waals surface area contributed by atoms with Crippen LogP contribution < -0.4 is 10.2 Å². The summed E-state index contributed by atoms with van der Waals surface area (Å²) >= 11 is 1.58. The molecule has 0 unspecified atom stereocenters. The van der Waals surface area contributed by atoms with Gasteiger partial charge in [0.2, 0.25) is 5.91 Å². The molecular formula is C19H19N3OS. The molecule has 1 amide bonds. The quantitative estimate of drug-likeness (QED) is 0.722. The number of amides is 1. The third-order valence-electron chi connectivity index (χ3n) is 3.61. The largest absolute Gasteiger partial charge is 0.378 e. The first-order valence-corrected chi connectivity index (χ1v) is 8.51. The van der Waals surface area contributed by atoms with Gasteiger partial charge in [0.25, 0.3) is 0 Å². The maximum atomic E-state index is 12.0. The van der Waals surface area contributed by atoms with Crippen molar-refractivity contribution in [2.75, 3.05) is 19.0 Å². The molecule has 0 saturated heterocycles. The molecule has 0 bridgehead atoms. The van der Waals surface area contributed by atoms with E-state index in [2.05, 4.69) is 10.3 Å². The van der Waals surface area contributed by atoms with Gasteiger partial charge in [-0.15, -0.1) is 11.3 Å². The first-order chi connectivity index (χ1) is 11.6. The van der Waals surface area contributed by atoms with Gasteiger partial charge < -0.3 is 10.2 Å². The molecular weight excluding hydrogens is 318 g/mol. The Balaban J connectivity index is 1.56. The lowest BCUT2D eigenvalue weighted by atomic mass is 10.2. The minimum absolute atomic E-state index is 0.119. The van der Waals surface area contributed by atoms with Crippen molar-refractivity contribution in [1.29, 1.82) is 0 Å². The lowest BCUT2D eigenvalue weighted by Crippen LogP contribution is -2.20. The molecule has 122 valence electrons. The fraction of sp³-hybridized carbons (Fsp3) is 0.158. The Morgan fingerprint density at radius 3 is 2.62 bits per heavy atom. The highest BCUT2D eigenvalue weighted by atomic mass is 32.1. The molecule has 4 nitrogen and oxygen atoms in total. The highest BCUT2D eigenvalue weighted by Crippen LogP contribution is 2.22. The number of nitrogens with one attached hydrogen (secondary N) is 1. The summed E-state index contributed by atoms with van der Waals surface area (Å²) in [6.45, 7) is 0.511. The zero-order valence-corrected chi connectivity index (χ0v) is 14.5. The van der Waals surface area contributed by atoms with Crippen LogP contribution in [0.25, 0.3) is 16.3 Å². The first kappa shape index (κ1) is 16.2. The second-order valence-corrected chi connectivity index (χ2v) is 6.69. The monoisotopic (exact) mass is 337 g/mol. The SMILES string of the molecule is CN(C)c1ccc(CNC(=O)/C=C/c2nc3ccccc3s2)cc1. The normalized spacial score (nSPS) is 11.1. The molecule has 0 aliphatic heterocycles. The molecule has 5 heteroatoms. The number of rotatable bonds is 5. The Kier molecular flexibility index (Phi) is 4.91. The summed E-state index contributed by atoms with van der Waals surface area (Å²) in [5.41, 5.74) is 3.17. The molecule has 3 rings (SSSR count). The first-order valence-electron chi connectivity index (χ1n) is 7.69. The minimum Gasteiger partial charge on any atom is -0.378 e. The number of hydrogen-bond donors (Lipinski definition) is 1. The van der Waals surface area contributed by atoms with Gasteiger partial charge in [-0.25, -0.2) is 4.98 Å². The molecule has 1 aromatic heterocycles. The van der Waals surface area contributed by atoms with E-state index in [1.807, 2.05) is 67.5 Å². The summed E-state index contributed by atoms with van der Waals surface area (Å²) < 4.78 is 1.12. The molecule has 0 saturated carbocycles. The van der Waals surface area contributed by atoms with Crippen LogP contribution in [0.4, 0.5) is 5.69 Å². The van der Waals surface area contributed by atoms with Gasteiger partial charge in [-0.2, -0.15) is 0 Å². The van der Waals surface area contributed by atoms with E-state index in [1.165, 1.54) is 6.08 Å². The topological polar surface area (TPSA) is 45.2 Å². The number of anilines is 1. The number of para-hydroxylation sites is 1. The molecule has 0 aliphatic rings. The van der Waals surface area contributed by atoms with Crippen LogP contribution in [0.2, 0.25) is 0 Å². The standard InChI is InChI=1S/C19H19N3OS/c1-22(2)15-9-7-14(8-10-15)13-20-18(23)11-12-19-21-16-5-3-4-6-17(16)24-19/h3-12H,13H2,1-2H3,(H,20,23)/b12-11+. The van der Waals surface area contributed by atoms with Crippen molar-refractivity contribution in [3.8, 4) is 0 Å². The van der Waals surface area contributed by atoms with Crippen LogP contribution in [0.3, 0.4) is 0 Å². The van der Waals surface area contributed by atoms with Crippen molar-refractivity contribution < 1.29 is 4.79 Å². The van der Waals surface area contributed by atoms with Gasteiger partial charge in [0.1, 0.15) is 5.01 Å². The Morgan fingerprint density at radius 1 is 1.17 bits per heavy atom. The van der Waals surface area contributed by atoms with Gasteiger partial charge in [0.15, 0.2) is 0 Å². The number of carbonyl (C=O) groups is 1. The lowest BCUT2D eigenvalue weighted by molar-refractivity contribution is -0.116. The van der Waals surface area contributed by atoms with Gasteiger partial charge in [-0.05, 0) is 35.9 Å². The minimum atomic E-state index is -0.119. The molecule has 3 aromatic rings. The lowest BCUT2D eigenvalue weighted by Gasteiger charge is -2.12. The number of thiazole rings is 1. The van der Waals surface area contributed by atoms with Gasteiger partial charge >= 0.3 is 0 Å². The van der Waals surface area contributed by atoms with Crippen molar-refractivity contribution in [2.24, 2.45) is 0 Å². The average Bonchev–Trinajstić information content (AvgIpc) is 3.01. The van der Waals surface area contributed by atoms with Crippen LogP contribution >= 0.6 is 11.3 Å². The van der Waals surface area contributed by atoms with Crippen LogP contribution in [-0.2, 0) is 11.3 Å². The van der Waals surface area contributed by atoms with Crippen molar-refractivity contribution >= 4 is 39.2 Å². The van der Waals surface area contributed by atoms with Crippen molar-refractivity contribution in [2.45, 2.75) is 6.54 Å². The summed E-state index contributed by atoms with van der Waals surface area (Å²) in [5, 5.41) is 3.72. The van der Waals surface area contributed by atoms with Crippen LogP contribution in [0.5, 0.6) is 0 Å². The van der Waals surface area contributed by atoms with E-state index in [4.69, 9.17) is 0 Å². The van der Waals surface area contributed by atoms with E-state index in [1.54, 1.807) is 17.4 Å². The van der Waals surface area contributed by atoms with E-state index in [0.29, 0.717) is 6.54 Å². The van der Waals surface area contributed by atoms with Crippen molar-refractivity contribution in [1.82, 2.24) is 10.3 Å². The summed E-state index contributed by atoms with van der Waals surface area (Å²) in [5.74, 6) is -0.119. The van der Waals surface area contributed by atoms with Crippen LogP contribution in [-0.4, -0.2) is 25.0 Å². The van der Waals surface area contributed by atoms with Crippen LogP contribution in [0.15, 0.2) is 54.6 Å². The van der Waals surface area contributed by atoms with Crippen molar-refractivity contribution in [3.63, 3.8) is 0 Å². The zero-order chi connectivity index (χ0) is 16.9. The fourth-order valence-electron chi connectivity index (χ4n) is 2.27. The van der Waals surface area contributed by atoms with E-state index in [-0.39, 0.29) is 5.91 Å². The number of fused-ring (bicyclic) bond motifs is 1.